The number of rotatable bonds is 4. The van der Waals surface area contributed by atoms with E-state index in [9.17, 15) is 17.6 Å². The summed E-state index contributed by atoms with van der Waals surface area (Å²) >= 11 is 0. The van der Waals surface area contributed by atoms with Crippen molar-refractivity contribution < 1.29 is 22.3 Å². The average Bonchev–Trinajstić information content (AvgIpc) is 2.76. The molecule has 0 aromatic heterocycles. The molecule has 0 saturated carbocycles. The number of methoxy groups -OCH3 is 1. The third-order valence-corrected chi connectivity index (χ3v) is 4.69. The molecule has 0 aliphatic heterocycles. The molecule has 0 radical (unpaired) electrons. The minimum Gasteiger partial charge on any atom is -0.491 e. The first-order chi connectivity index (χ1) is 15.4. The van der Waals surface area contributed by atoms with Crippen LogP contribution in [-0.4, -0.2) is 7.11 Å². The van der Waals surface area contributed by atoms with Gasteiger partial charge < -0.3 is 4.74 Å². The summed E-state index contributed by atoms with van der Waals surface area (Å²) in [5, 5.41) is 0. The van der Waals surface area contributed by atoms with Crippen LogP contribution in [0.25, 0.3) is 0 Å². The van der Waals surface area contributed by atoms with Crippen molar-refractivity contribution in [2.75, 3.05) is 7.11 Å². The van der Waals surface area contributed by atoms with Crippen LogP contribution < -0.4 is 4.74 Å². The van der Waals surface area contributed by atoms with Crippen LogP contribution in [0.2, 0.25) is 0 Å². The van der Waals surface area contributed by atoms with Crippen molar-refractivity contribution in [1.29, 1.82) is 0 Å². The number of hydrogen-bond acceptors (Lipinski definition) is 1. The SMILES string of the molecule is CCCCc1cc(F)c(C#Cc2ccc(C#Cc3cc(F)c(OC)c(F)c3)cc2)c(F)c1. The van der Waals surface area contributed by atoms with Gasteiger partial charge >= 0.3 is 0 Å². The summed E-state index contributed by atoms with van der Waals surface area (Å²) in [5.74, 6) is 7.31. The number of unbranched alkanes of at least 4 members (excludes halogenated alkanes) is 1. The molecule has 0 aliphatic rings. The Labute approximate surface area is 185 Å². The Morgan fingerprint density at radius 2 is 1.19 bits per heavy atom. The number of halogens is 4. The highest BCUT2D eigenvalue weighted by atomic mass is 19.1. The lowest BCUT2D eigenvalue weighted by Crippen LogP contribution is -1.95. The maximum Gasteiger partial charge on any atom is 0.190 e. The molecule has 0 aliphatic carbocycles. The fourth-order valence-corrected chi connectivity index (χ4v) is 3.01. The van der Waals surface area contributed by atoms with Gasteiger partial charge in [0.2, 0.25) is 0 Å². The largest absolute Gasteiger partial charge is 0.491 e. The highest BCUT2D eigenvalue weighted by Gasteiger charge is 2.11. The molecular formula is C27H20F4O. The summed E-state index contributed by atoms with van der Waals surface area (Å²) in [6, 6.07) is 11.5. The van der Waals surface area contributed by atoms with Crippen LogP contribution >= 0.6 is 0 Å². The highest BCUT2D eigenvalue weighted by molar-refractivity contribution is 5.49. The van der Waals surface area contributed by atoms with E-state index in [0.717, 1.165) is 25.0 Å². The van der Waals surface area contributed by atoms with Crippen molar-refractivity contribution in [3.8, 4) is 29.4 Å². The van der Waals surface area contributed by atoms with E-state index in [0.29, 0.717) is 23.1 Å². The minimum atomic E-state index is -0.833. The Hall–Kier alpha value is -3.70. The molecule has 0 spiro atoms. The summed E-state index contributed by atoms with van der Waals surface area (Å²) in [5.41, 5.74) is 1.65. The molecule has 3 aromatic carbocycles. The highest BCUT2D eigenvalue weighted by Crippen LogP contribution is 2.22. The van der Waals surface area contributed by atoms with Gasteiger partial charge in [-0.05, 0) is 66.9 Å². The molecule has 5 heteroatoms. The molecule has 0 heterocycles. The number of ether oxygens (including phenoxy) is 1. The molecule has 0 atom stereocenters. The van der Waals surface area contributed by atoms with Gasteiger partial charge in [-0.3, -0.25) is 0 Å². The maximum atomic E-state index is 14.2. The van der Waals surface area contributed by atoms with E-state index in [-0.39, 0.29) is 11.1 Å². The van der Waals surface area contributed by atoms with E-state index in [2.05, 4.69) is 28.4 Å². The Kier molecular flexibility index (Phi) is 7.58. The van der Waals surface area contributed by atoms with Crippen LogP contribution in [0.5, 0.6) is 5.75 Å². The maximum absolute atomic E-state index is 14.2. The fourth-order valence-electron chi connectivity index (χ4n) is 3.01. The Morgan fingerprint density at radius 3 is 1.69 bits per heavy atom. The van der Waals surface area contributed by atoms with Gasteiger partial charge in [0.1, 0.15) is 11.6 Å². The zero-order valence-electron chi connectivity index (χ0n) is 17.7. The molecule has 0 saturated heterocycles. The Morgan fingerprint density at radius 1 is 0.688 bits per heavy atom. The first-order valence-electron chi connectivity index (χ1n) is 10.1. The third-order valence-electron chi connectivity index (χ3n) is 4.69. The molecule has 0 N–H and O–H groups in total. The number of benzene rings is 3. The van der Waals surface area contributed by atoms with Crippen molar-refractivity contribution in [2.45, 2.75) is 26.2 Å². The Bertz CT molecular complexity index is 1190. The van der Waals surface area contributed by atoms with Gasteiger partial charge in [0, 0.05) is 16.7 Å². The molecule has 1 nitrogen and oxygen atoms in total. The molecule has 3 rings (SSSR count). The predicted octanol–water partition coefficient (Wildman–Crippen LogP) is 6.39. The summed E-state index contributed by atoms with van der Waals surface area (Å²) in [7, 11) is 1.18. The number of hydrogen-bond donors (Lipinski definition) is 0. The second kappa shape index (κ2) is 10.6. The van der Waals surface area contributed by atoms with Crippen LogP contribution in [0.15, 0.2) is 48.5 Å². The van der Waals surface area contributed by atoms with Gasteiger partial charge in [-0.2, -0.15) is 0 Å². The third kappa shape index (κ3) is 5.71. The first-order valence-corrected chi connectivity index (χ1v) is 10.1. The van der Waals surface area contributed by atoms with E-state index in [1.165, 1.54) is 19.2 Å². The fraction of sp³-hybridized carbons (Fsp3) is 0.185. The van der Waals surface area contributed by atoms with Gasteiger partial charge in [0.15, 0.2) is 17.4 Å². The van der Waals surface area contributed by atoms with Gasteiger partial charge in [0.25, 0.3) is 0 Å². The normalized spacial score (nSPS) is 10.1. The van der Waals surface area contributed by atoms with E-state index in [1.54, 1.807) is 24.3 Å². The minimum absolute atomic E-state index is 0.165. The van der Waals surface area contributed by atoms with Crippen LogP contribution in [-0.2, 0) is 6.42 Å². The molecule has 32 heavy (non-hydrogen) atoms. The average molecular weight is 436 g/mol. The van der Waals surface area contributed by atoms with Crippen molar-refractivity contribution >= 4 is 0 Å². The Balaban J connectivity index is 1.76. The summed E-state index contributed by atoms with van der Waals surface area (Å²) in [6.45, 7) is 2.02. The van der Waals surface area contributed by atoms with Crippen LogP contribution in [0.1, 0.15) is 47.6 Å². The molecule has 3 aromatic rings. The van der Waals surface area contributed by atoms with Crippen molar-refractivity contribution in [1.82, 2.24) is 0 Å². The molecule has 0 fully saturated rings. The molecular weight excluding hydrogens is 416 g/mol. The van der Waals surface area contributed by atoms with Gasteiger partial charge in [0.05, 0.1) is 12.7 Å². The zero-order valence-corrected chi connectivity index (χ0v) is 17.7. The van der Waals surface area contributed by atoms with Crippen LogP contribution in [0.4, 0.5) is 17.6 Å². The molecule has 0 bridgehead atoms. The summed E-state index contributed by atoms with van der Waals surface area (Å²) in [4.78, 5) is 0. The molecule has 0 amide bonds. The quantitative estimate of drug-likeness (QED) is 0.340. The molecule has 162 valence electrons. The standard InChI is InChI=1S/C27H20F4O/c1-3-4-5-20-14-23(28)22(24(29)15-20)13-12-19-8-6-18(7-9-19)10-11-21-16-25(30)27(32-2)26(31)17-21/h6-9,14-17H,3-5H2,1-2H3. The van der Waals surface area contributed by atoms with E-state index in [1.807, 2.05) is 6.92 Å². The topological polar surface area (TPSA) is 9.23 Å². The van der Waals surface area contributed by atoms with Crippen molar-refractivity contribution in [3.05, 3.63) is 99.6 Å². The van der Waals surface area contributed by atoms with Gasteiger partial charge in [-0.25, -0.2) is 17.6 Å². The molecule has 0 unspecified atom stereocenters. The summed E-state index contributed by atoms with van der Waals surface area (Å²) < 4.78 is 60.6. The number of aryl methyl sites for hydroxylation is 1. The van der Waals surface area contributed by atoms with E-state index < -0.39 is 29.0 Å². The van der Waals surface area contributed by atoms with E-state index in [4.69, 9.17) is 0 Å². The van der Waals surface area contributed by atoms with Gasteiger partial charge in [-0.15, -0.1) is 0 Å². The van der Waals surface area contributed by atoms with E-state index >= 15 is 0 Å². The van der Waals surface area contributed by atoms with Crippen LogP contribution in [0, 0.1) is 47.0 Å². The van der Waals surface area contributed by atoms with Crippen LogP contribution in [0.3, 0.4) is 0 Å². The van der Waals surface area contributed by atoms with Crippen molar-refractivity contribution in [3.63, 3.8) is 0 Å². The second-order valence-electron chi connectivity index (χ2n) is 7.09. The monoisotopic (exact) mass is 436 g/mol. The lowest BCUT2D eigenvalue weighted by atomic mass is 10.0. The lowest BCUT2D eigenvalue weighted by Gasteiger charge is -2.03. The van der Waals surface area contributed by atoms with Crippen molar-refractivity contribution in [2.24, 2.45) is 0 Å². The predicted molar refractivity (Wildman–Crippen MR) is 116 cm³/mol. The summed E-state index contributed by atoms with van der Waals surface area (Å²) in [6.07, 6.45) is 2.43. The lowest BCUT2D eigenvalue weighted by molar-refractivity contribution is 0.359. The zero-order chi connectivity index (χ0) is 23.1. The second-order valence-corrected chi connectivity index (χ2v) is 7.09. The van der Waals surface area contributed by atoms with Gasteiger partial charge in [-0.1, -0.05) is 37.0 Å². The first kappa shape index (κ1) is 23.0. The smallest absolute Gasteiger partial charge is 0.190 e.